The highest BCUT2D eigenvalue weighted by atomic mass is 35.5. The van der Waals surface area contributed by atoms with Crippen LogP contribution in [-0.2, 0) is 11.3 Å². The van der Waals surface area contributed by atoms with E-state index >= 15 is 0 Å². The summed E-state index contributed by atoms with van der Waals surface area (Å²) in [6.45, 7) is 5.83. The number of benzene rings is 2. The number of rotatable bonds is 6. The number of ether oxygens (including phenoxy) is 1. The van der Waals surface area contributed by atoms with Crippen LogP contribution in [0.2, 0.25) is 0 Å². The van der Waals surface area contributed by atoms with E-state index in [-0.39, 0.29) is 30.6 Å². The molecule has 2 heterocycles. The monoisotopic (exact) mass is 490 g/mol. The van der Waals surface area contributed by atoms with Gasteiger partial charge in [-0.15, -0.1) is 12.4 Å². The van der Waals surface area contributed by atoms with E-state index in [4.69, 9.17) is 9.84 Å². The van der Waals surface area contributed by atoms with Crippen molar-refractivity contribution < 1.29 is 24.5 Å². The summed E-state index contributed by atoms with van der Waals surface area (Å²) >= 11 is 0. The van der Waals surface area contributed by atoms with Crippen LogP contribution in [0.4, 0.5) is 16.2 Å². The summed E-state index contributed by atoms with van der Waals surface area (Å²) in [7, 11) is 0. The van der Waals surface area contributed by atoms with E-state index in [2.05, 4.69) is 41.8 Å². The van der Waals surface area contributed by atoms with Crippen molar-refractivity contribution in [3.8, 4) is 0 Å². The first-order valence-electron chi connectivity index (χ1n) is 11.5. The van der Waals surface area contributed by atoms with E-state index in [1.165, 1.54) is 5.56 Å². The van der Waals surface area contributed by atoms with Gasteiger partial charge >= 0.3 is 12.1 Å². The van der Waals surface area contributed by atoms with Crippen LogP contribution in [0.15, 0.2) is 42.5 Å². The molecule has 0 bridgehead atoms. The zero-order valence-corrected chi connectivity index (χ0v) is 20.1. The van der Waals surface area contributed by atoms with Crippen LogP contribution < -0.4 is 15.1 Å². The highest BCUT2D eigenvalue weighted by molar-refractivity contribution is 5.95. The second-order valence-electron chi connectivity index (χ2n) is 8.95. The lowest BCUT2D eigenvalue weighted by Crippen LogP contribution is -2.59. The van der Waals surface area contributed by atoms with Gasteiger partial charge in [-0.3, -0.25) is 4.48 Å². The molecule has 2 saturated heterocycles. The number of carboxylic acid groups (broad SMARTS) is 2. The number of hydrogen-bond acceptors (Lipinski definition) is 4. The Morgan fingerprint density at radius 2 is 1.91 bits per heavy atom. The molecule has 1 amide bonds. The lowest BCUT2D eigenvalue weighted by molar-refractivity contribution is 0.0284. The fourth-order valence-electron chi connectivity index (χ4n) is 5.25. The lowest BCUT2D eigenvalue weighted by Gasteiger charge is -2.46. The van der Waals surface area contributed by atoms with E-state index in [1.807, 2.05) is 6.07 Å². The average Bonchev–Trinajstić information content (AvgIpc) is 2.83. The number of halogens is 1. The number of carbonyl (C=O) groups is 2. The molecule has 4 rings (SSSR count). The van der Waals surface area contributed by atoms with Gasteiger partial charge in [-0.1, -0.05) is 18.2 Å². The van der Waals surface area contributed by atoms with Crippen molar-refractivity contribution in [3.05, 3.63) is 59.2 Å². The van der Waals surface area contributed by atoms with Crippen molar-refractivity contribution in [2.45, 2.75) is 38.3 Å². The zero-order chi connectivity index (χ0) is 23.4. The maximum Gasteiger partial charge on any atom is 0.404 e. The first-order valence-corrected chi connectivity index (χ1v) is 11.5. The number of hydrogen-bond donors (Lipinski definition) is 4. The Morgan fingerprint density at radius 3 is 2.59 bits per heavy atom. The van der Waals surface area contributed by atoms with Gasteiger partial charge in [-0.25, -0.2) is 9.59 Å². The summed E-state index contributed by atoms with van der Waals surface area (Å²) < 4.78 is 6.14. The molecular weight excluding hydrogens is 458 g/mol. The third-order valence-corrected chi connectivity index (χ3v) is 7.01. The Labute approximate surface area is 205 Å². The quantitative estimate of drug-likeness (QED) is 0.454. The number of carboxylic acids is 1. The molecule has 0 aromatic heterocycles. The van der Waals surface area contributed by atoms with E-state index in [1.54, 1.807) is 12.1 Å². The molecular formula is C25H33ClN3O5+. The number of aromatic carboxylic acids is 1. The number of piperidine rings is 1. The van der Waals surface area contributed by atoms with Crippen molar-refractivity contribution in [3.63, 3.8) is 0 Å². The van der Waals surface area contributed by atoms with Crippen molar-refractivity contribution in [1.82, 2.24) is 15.1 Å². The van der Waals surface area contributed by atoms with Gasteiger partial charge in [0.25, 0.3) is 0 Å². The zero-order valence-electron chi connectivity index (χ0n) is 19.3. The Balaban J connectivity index is 0.00000324. The molecule has 0 radical (unpaired) electrons. The van der Waals surface area contributed by atoms with Crippen molar-refractivity contribution in [1.29, 1.82) is 0 Å². The molecule has 2 unspecified atom stereocenters. The van der Waals surface area contributed by atoms with Crippen LogP contribution in [0, 0.1) is 0 Å². The van der Waals surface area contributed by atoms with Crippen LogP contribution in [0.3, 0.4) is 0 Å². The minimum atomic E-state index is -1.11. The van der Waals surface area contributed by atoms with Crippen molar-refractivity contribution in [2.75, 3.05) is 32.8 Å². The summed E-state index contributed by atoms with van der Waals surface area (Å²) in [4.78, 5) is 23.3. The molecule has 0 spiro atoms. The van der Waals surface area contributed by atoms with Crippen molar-refractivity contribution in [2.24, 2.45) is 0 Å². The van der Waals surface area contributed by atoms with Gasteiger partial charge in [0.15, 0.2) is 5.69 Å². The van der Waals surface area contributed by atoms with Crippen LogP contribution in [0.25, 0.3) is 0 Å². The lowest BCUT2D eigenvalue weighted by atomic mass is 9.89. The Morgan fingerprint density at radius 1 is 1.15 bits per heavy atom. The summed E-state index contributed by atoms with van der Waals surface area (Å²) in [6.07, 6.45) is 1.05. The predicted octanol–water partition coefficient (Wildman–Crippen LogP) is 4.10. The van der Waals surface area contributed by atoms with E-state index in [0.29, 0.717) is 35.8 Å². The molecule has 2 aromatic carbocycles. The van der Waals surface area contributed by atoms with Gasteiger partial charge in [0, 0.05) is 18.7 Å². The van der Waals surface area contributed by atoms with Crippen LogP contribution in [0.5, 0.6) is 0 Å². The molecule has 184 valence electrons. The van der Waals surface area contributed by atoms with Gasteiger partial charge < -0.3 is 25.6 Å². The van der Waals surface area contributed by atoms with Gasteiger partial charge in [-0.05, 0) is 62.0 Å². The minimum absolute atomic E-state index is 0. The van der Waals surface area contributed by atoms with Crippen molar-refractivity contribution >= 4 is 35.8 Å². The highest BCUT2D eigenvalue weighted by Gasteiger charge is 2.44. The van der Waals surface area contributed by atoms with E-state index < -0.39 is 12.1 Å². The van der Waals surface area contributed by atoms with Gasteiger partial charge in [0.1, 0.15) is 23.8 Å². The fraction of sp³-hybridized carbons (Fsp3) is 0.440. The van der Waals surface area contributed by atoms with Gasteiger partial charge in [-0.2, -0.15) is 0 Å². The largest absolute Gasteiger partial charge is 0.477 e. The minimum Gasteiger partial charge on any atom is -0.477 e. The Kier molecular flexibility index (Phi) is 8.54. The second-order valence-corrected chi connectivity index (χ2v) is 8.95. The first kappa shape index (κ1) is 26.0. The normalized spacial score (nSPS) is 23.0. The fourth-order valence-corrected chi connectivity index (χ4v) is 5.25. The number of nitrogens with one attached hydrogen (secondary N) is 2. The molecule has 2 aliphatic heterocycles. The van der Waals surface area contributed by atoms with E-state index in [9.17, 15) is 14.7 Å². The van der Waals surface area contributed by atoms with Gasteiger partial charge in [0.05, 0.1) is 13.2 Å². The number of quaternary nitrogens is 1. The molecule has 9 heteroatoms. The van der Waals surface area contributed by atoms with Crippen LogP contribution >= 0.6 is 12.4 Å². The standard InChI is InChI=1S/C25H31N3O5.ClH/c1-17-16-33-12-11-28(17,21-4-2-3-20(14-21)19-7-9-26-10-8-19)23-13-18(15-27-25(31)32)5-6-22(23)24(29)30;/h2-6,13-14,17,19,26-27H,7-12,15-16H2,1H3,(H-,29,30,31,32);1H/p+1. The topological polar surface area (TPSA) is 108 Å². The summed E-state index contributed by atoms with van der Waals surface area (Å²) in [5.41, 5.74) is 3.96. The summed E-state index contributed by atoms with van der Waals surface area (Å²) in [5.74, 6) is -0.513. The number of amides is 1. The number of nitrogens with zero attached hydrogens (tertiary/aromatic N) is 1. The van der Waals surface area contributed by atoms with Gasteiger partial charge in [0.2, 0.25) is 0 Å². The maximum absolute atomic E-state index is 12.3. The molecule has 0 saturated carbocycles. The highest BCUT2D eigenvalue weighted by Crippen LogP contribution is 2.43. The SMILES string of the molecule is CC1COCC[N+]1(c1cccc(C2CCNCC2)c1)c1cc(CNC(=O)O)ccc1C(=O)O.Cl. The second kappa shape index (κ2) is 11.2. The molecule has 2 aliphatic rings. The summed E-state index contributed by atoms with van der Waals surface area (Å²) in [6, 6.07) is 13.7. The summed E-state index contributed by atoms with van der Waals surface area (Å²) in [5, 5.41) is 24.9. The Bertz CT molecular complexity index is 1030. The average molecular weight is 491 g/mol. The van der Waals surface area contributed by atoms with E-state index in [0.717, 1.165) is 37.2 Å². The van der Waals surface area contributed by atoms with Crippen LogP contribution in [-0.4, -0.2) is 61.2 Å². The molecule has 2 fully saturated rings. The third kappa shape index (κ3) is 5.20. The molecule has 0 aliphatic carbocycles. The first-order chi connectivity index (χ1) is 15.9. The number of morpholine rings is 1. The van der Waals surface area contributed by atoms with Crippen LogP contribution in [0.1, 0.15) is 47.2 Å². The third-order valence-electron chi connectivity index (χ3n) is 7.01. The Hall–Kier alpha value is -2.65. The molecule has 8 nitrogen and oxygen atoms in total. The maximum atomic E-state index is 12.3. The smallest absolute Gasteiger partial charge is 0.404 e. The molecule has 2 aromatic rings. The molecule has 34 heavy (non-hydrogen) atoms. The molecule has 4 N–H and O–H groups in total. The molecule has 2 atom stereocenters. The predicted molar refractivity (Wildman–Crippen MR) is 133 cm³/mol.